The normalized spacial score (nSPS) is 17.1. The molecular formula is C34H39ClN8O6. The summed E-state index contributed by atoms with van der Waals surface area (Å²) in [5.41, 5.74) is 3.87. The fourth-order valence-corrected chi connectivity index (χ4v) is 6.47. The van der Waals surface area contributed by atoms with Crippen LogP contribution in [0, 0.1) is 11.8 Å². The van der Waals surface area contributed by atoms with Gasteiger partial charge in [0.2, 0.25) is 5.91 Å². The number of esters is 1. The fraction of sp³-hybridized carbons (Fsp3) is 0.412. The van der Waals surface area contributed by atoms with Crippen LogP contribution in [-0.4, -0.2) is 78.2 Å². The van der Waals surface area contributed by atoms with Gasteiger partial charge in [0.25, 0.3) is 5.91 Å². The molecule has 2 aromatic carbocycles. The van der Waals surface area contributed by atoms with Gasteiger partial charge in [-0.15, -0.1) is 5.10 Å². The number of unbranched alkanes of at least 4 members (excludes halogenated alkanes) is 1. The van der Waals surface area contributed by atoms with Crippen LogP contribution >= 0.6 is 11.6 Å². The lowest BCUT2D eigenvalue weighted by Gasteiger charge is -2.25. The number of aromatic nitrogens is 6. The number of carbonyl (C=O) groups excluding carboxylic acids is 3. The third kappa shape index (κ3) is 8.49. The van der Waals surface area contributed by atoms with Crippen LogP contribution in [-0.2, 0) is 32.1 Å². The van der Waals surface area contributed by atoms with Crippen LogP contribution in [0.5, 0.6) is 0 Å². The van der Waals surface area contributed by atoms with Crippen molar-refractivity contribution in [2.75, 3.05) is 13.1 Å². The van der Waals surface area contributed by atoms with E-state index in [4.69, 9.17) is 21.4 Å². The van der Waals surface area contributed by atoms with Gasteiger partial charge < -0.3 is 25.0 Å². The molecule has 49 heavy (non-hydrogen) atoms. The number of carbonyl (C=O) groups is 4. The Balaban J connectivity index is 1.37. The summed E-state index contributed by atoms with van der Waals surface area (Å²) in [6.45, 7) is 3.55. The van der Waals surface area contributed by atoms with Gasteiger partial charge in [0.05, 0.1) is 0 Å². The number of H-pyrrole nitrogens is 1. The molecular weight excluding hydrogens is 652 g/mol. The first-order chi connectivity index (χ1) is 23.7. The highest BCUT2D eigenvalue weighted by molar-refractivity contribution is 6.32. The number of benzene rings is 2. The zero-order valence-electron chi connectivity index (χ0n) is 27.3. The summed E-state index contributed by atoms with van der Waals surface area (Å²) >= 11 is 6.62. The maximum absolute atomic E-state index is 13.8. The molecule has 0 saturated heterocycles. The number of carboxylic acids is 1. The number of hydrogen-bond donors (Lipinski definition) is 4. The fourth-order valence-electron chi connectivity index (χ4n) is 6.18. The summed E-state index contributed by atoms with van der Waals surface area (Å²) in [6, 6.07) is 15.8. The Hall–Kier alpha value is -5.11. The molecule has 1 fully saturated rings. The van der Waals surface area contributed by atoms with Crippen molar-refractivity contribution in [1.29, 1.82) is 0 Å². The molecule has 14 nitrogen and oxygen atoms in total. The number of aryl methyl sites for hydroxylation is 1. The minimum Gasteiger partial charge on any atom is -0.480 e. The van der Waals surface area contributed by atoms with Gasteiger partial charge in [-0.1, -0.05) is 80.4 Å². The first-order valence-corrected chi connectivity index (χ1v) is 16.7. The number of nitrogens with zero attached hydrogens (tertiary/aromatic N) is 5. The van der Waals surface area contributed by atoms with Crippen molar-refractivity contribution in [3.63, 3.8) is 0 Å². The first-order valence-electron chi connectivity index (χ1n) is 16.3. The van der Waals surface area contributed by atoms with Gasteiger partial charge in [0, 0.05) is 43.3 Å². The molecule has 0 radical (unpaired) electrons. The van der Waals surface area contributed by atoms with Crippen LogP contribution in [0.4, 0.5) is 0 Å². The highest BCUT2D eigenvalue weighted by Crippen LogP contribution is 2.35. The monoisotopic (exact) mass is 690 g/mol. The maximum Gasteiger partial charge on any atom is 0.322 e. The van der Waals surface area contributed by atoms with Gasteiger partial charge in [-0.25, -0.2) is 10.1 Å². The van der Waals surface area contributed by atoms with Crippen molar-refractivity contribution in [1.82, 2.24) is 40.8 Å². The smallest absolute Gasteiger partial charge is 0.322 e. The molecule has 15 heteroatoms. The third-order valence-corrected chi connectivity index (χ3v) is 8.95. The molecule has 1 aliphatic carbocycles. The molecule has 258 valence electrons. The van der Waals surface area contributed by atoms with Crippen molar-refractivity contribution in [3.05, 3.63) is 70.8 Å². The molecule has 0 spiro atoms. The maximum atomic E-state index is 13.8. The van der Waals surface area contributed by atoms with Crippen LogP contribution in [0.25, 0.3) is 22.5 Å². The minimum atomic E-state index is -1.17. The number of carboxylic acid groups (broad SMARTS) is 1. The zero-order valence-corrected chi connectivity index (χ0v) is 28.1. The van der Waals surface area contributed by atoms with E-state index in [9.17, 15) is 19.2 Å². The van der Waals surface area contributed by atoms with E-state index in [0.717, 1.165) is 35.1 Å². The van der Waals surface area contributed by atoms with E-state index in [1.165, 1.54) is 0 Å². The summed E-state index contributed by atoms with van der Waals surface area (Å²) in [4.78, 5) is 54.5. The van der Waals surface area contributed by atoms with E-state index < -0.39 is 48.2 Å². The molecule has 4 aromatic rings. The number of aromatic amines is 1. The lowest BCUT2D eigenvalue weighted by molar-refractivity contribution is -0.151. The Bertz CT molecular complexity index is 1780. The number of tetrazole rings is 1. The van der Waals surface area contributed by atoms with Crippen molar-refractivity contribution < 1.29 is 29.0 Å². The molecule has 1 saturated carbocycles. The Kier molecular flexibility index (Phi) is 11.7. The second-order valence-corrected chi connectivity index (χ2v) is 12.3. The molecule has 2 amide bonds. The van der Waals surface area contributed by atoms with Gasteiger partial charge in [-0.2, -0.15) is 0 Å². The number of ether oxygens (including phenoxy) is 1. The summed E-state index contributed by atoms with van der Waals surface area (Å²) < 4.78 is 7.44. The van der Waals surface area contributed by atoms with E-state index in [2.05, 4.69) is 43.2 Å². The van der Waals surface area contributed by atoms with Gasteiger partial charge in [0.15, 0.2) is 11.0 Å². The highest BCUT2D eigenvalue weighted by Gasteiger charge is 2.42. The Morgan fingerprint density at radius 3 is 2.47 bits per heavy atom. The summed E-state index contributed by atoms with van der Waals surface area (Å²) in [6.07, 6.45) is 2.72. The highest BCUT2D eigenvalue weighted by atomic mass is 35.5. The quantitative estimate of drug-likeness (QED) is 0.132. The van der Waals surface area contributed by atoms with Gasteiger partial charge in [-0.3, -0.25) is 19.2 Å². The number of nitrogens with one attached hydrogen (secondary N) is 3. The summed E-state index contributed by atoms with van der Waals surface area (Å²) in [7, 11) is 0. The molecule has 0 bridgehead atoms. The molecule has 3 atom stereocenters. The van der Waals surface area contributed by atoms with Crippen LogP contribution < -0.4 is 10.6 Å². The average Bonchev–Trinajstić information content (AvgIpc) is 3.85. The number of amides is 2. The van der Waals surface area contributed by atoms with E-state index in [1.54, 1.807) is 6.92 Å². The Morgan fingerprint density at radius 2 is 1.80 bits per heavy atom. The second kappa shape index (κ2) is 16.3. The predicted octanol–water partition coefficient (Wildman–Crippen LogP) is 4.05. The van der Waals surface area contributed by atoms with Crippen LogP contribution in [0.2, 0.25) is 5.15 Å². The SMILES string of the molecule is CCCCc1nc(Cl)c(C(=O)NCC2C(OC(=O)CC)CCC2C(=O)NCC(=O)O)n1Cc1ccc(-c2ccccc2-c2nnn[nH]2)cc1. The zero-order chi connectivity index (χ0) is 34.9. The third-order valence-electron chi connectivity index (χ3n) is 8.68. The number of aliphatic carboxylic acids is 1. The lowest BCUT2D eigenvalue weighted by Crippen LogP contribution is -2.43. The topological polar surface area (TPSA) is 194 Å². The van der Waals surface area contributed by atoms with Crippen molar-refractivity contribution in [3.8, 4) is 22.5 Å². The predicted molar refractivity (Wildman–Crippen MR) is 179 cm³/mol. The lowest BCUT2D eigenvalue weighted by atomic mass is 9.93. The first kappa shape index (κ1) is 35.2. The molecule has 4 N–H and O–H groups in total. The van der Waals surface area contributed by atoms with E-state index in [0.29, 0.717) is 37.5 Å². The summed E-state index contributed by atoms with van der Waals surface area (Å²) in [5, 5.41) is 28.7. The molecule has 3 unspecified atom stereocenters. The standard InChI is InChI=1S/C34H39ClN8O6/c1-3-5-10-27-38-31(35)30(34(48)36-17-25-24(33(47)37-18-28(44)45)15-16-26(25)49-29(46)4-2)43(27)19-20-11-13-21(14-12-20)22-8-6-7-9-23(22)32-39-41-42-40-32/h6-9,11-14,24-26H,3-5,10,15-19H2,1-2H3,(H,36,48)(H,37,47)(H,44,45)(H,39,40,41,42). The van der Waals surface area contributed by atoms with Gasteiger partial charge >= 0.3 is 11.9 Å². The molecule has 2 heterocycles. The van der Waals surface area contributed by atoms with Gasteiger partial charge in [0.1, 0.15) is 24.2 Å². The van der Waals surface area contributed by atoms with E-state index in [-0.39, 0.29) is 23.8 Å². The van der Waals surface area contributed by atoms with Crippen LogP contribution in [0.15, 0.2) is 48.5 Å². The molecule has 5 rings (SSSR count). The molecule has 1 aliphatic rings. The van der Waals surface area contributed by atoms with E-state index >= 15 is 0 Å². The van der Waals surface area contributed by atoms with Crippen molar-refractivity contribution in [2.45, 2.75) is 65.0 Å². The Labute approximate surface area is 288 Å². The number of rotatable bonds is 15. The number of halogens is 1. The van der Waals surface area contributed by atoms with E-state index in [1.807, 2.05) is 53.1 Å². The van der Waals surface area contributed by atoms with Crippen LogP contribution in [0.1, 0.15) is 67.8 Å². The second-order valence-electron chi connectivity index (χ2n) is 11.9. The van der Waals surface area contributed by atoms with Gasteiger partial charge in [-0.05, 0) is 46.4 Å². The van der Waals surface area contributed by atoms with Crippen molar-refractivity contribution in [2.24, 2.45) is 11.8 Å². The average molecular weight is 691 g/mol. The Morgan fingerprint density at radius 1 is 1.04 bits per heavy atom. The van der Waals surface area contributed by atoms with Crippen molar-refractivity contribution >= 4 is 35.4 Å². The minimum absolute atomic E-state index is 0.00622. The molecule has 2 aromatic heterocycles. The number of imidazole rings is 1. The molecule has 0 aliphatic heterocycles. The van der Waals surface area contributed by atoms with Crippen LogP contribution in [0.3, 0.4) is 0 Å². The summed E-state index contributed by atoms with van der Waals surface area (Å²) in [5.74, 6) is -2.53. The number of hydrogen-bond acceptors (Lipinski definition) is 9. The largest absolute Gasteiger partial charge is 0.480 e.